The molecular weight excluding hydrogens is 184 g/mol. The van der Waals surface area contributed by atoms with Crippen LogP contribution < -0.4 is 11.3 Å². The summed E-state index contributed by atoms with van der Waals surface area (Å²) in [6, 6.07) is 6.17. The van der Waals surface area contributed by atoms with Crippen molar-refractivity contribution < 1.29 is 0 Å². The van der Waals surface area contributed by atoms with Gasteiger partial charge in [0.1, 0.15) is 0 Å². The van der Waals surface area contributed by atoms with Crippen LogP contribution in [-0.2, 0) is 0 Å². The molecule has 0 amide bonds. The quantitative estimate of drug-likeness (QED) is 0.579. The lowest BCUT2D eigenvalue weighted by Crippen LogP contribution is -2.27. The predicted octanol–water partition coefficient (Wildman–Crippen LogP) is 2.56. The Kier molecular flexibility index (Phi) is 3.72. The summed E-state index contributed by atoms with van der Waals surface area (Å²) in [6.45, 7) is 4.11. The van der Waals surface area contributed by atoms with Crippen LogP contribution in [0.4, 0.5) is 0 Å². The molecule has 0 aliphatic rings. The highest BCUT2D eigenvalue weighted by Crippen LogP contribution is 2.21. The fourth-order valence-electron chi connectivity index (χ4n) is 1.42. The number of nitrogens with one attached hydrogen (secondary N) is 1. The Bertz CT molecular complexity index is 262. The Morgan fingerprint density at radius 1 is 1.46 bits per heavy atom. The third-order valence-corrected chi connectivity index (χ3v) is 2.29. The number of hydrogen-bond donors (Lipinski definition) is 2. The molecule has 72 valence electrons. The highest BCUT2D eigenvalue weighted by Gasteiger charge is 2.07. The van der Waals surface area contributed by atoms with E-state index in [1.165, 1.54) is 0 Å². The second-order valence-corrected chi connectivity index (χ2v) is 3.63. The van der Waals surface area contributed by atoms with Crippen LogP contribution in [0.1, 0.15) is 30.5 Å². The second kappa shape index (κ2) is 4.61. The zero-order valence-corrected chi connectivity index (χ0v) is 8.73. The number of nitrogens with two attached hydrogens (primary N) is 1. The van der Waals surface area contributed by atoms with Gasteiger partial charge in [-0.25, -0.2) is 0 Å². The van der Waals surface area contributed by atoms with Crippen molar-refractivity contribution in [3.05, 3.63) is 34.3 Å². The molecule has 3 heteroatoms. The van der Waals surface area contributed by atoms with Gasteiger partial charge in [0.05, 0.1) is 0 Å². The summed E-state index contributed by atoms with van der Waals surface area (Å²) in [4.78, 5) is 0. The monoisotopic (exact) mass is 198 g/mol. The standard InChI is InChI=1S/C10H15ClN2/c1-3-10(13-12)8-4-7(2)5-9(11)6-8/h4-6,10,13H,3,12H2,1-2H3. The first-order valence-electron chi connectivity index (χ1n) is 4.40. The number of hydrazine groups is 1. The number of benzene rings is 1. The Morgan fingerprint density at radius 3 is 2.62 bits per heavy atom. The van der Waals surface area contributed by atoms with E-state index in [-0.39, 0.29) is 6.04 Å². The topological polar surface area (TPSA) is 38.0 Å². The van der Waals surface area contributed by atoms with Gasteiger partial charge in [-0.15, -0.1) is 0 Å². The maximum atomic E-state index is 5.94. The minimum Gasteiger partial charge on any atom is -0.271 e. The van der Waals surface area contributed by atoms with Gasteiger partial charge in [0.25, 0.3) is 0 Å². The molecule has 1 rings (SSSR count). The largest absolute Gasteiger partial charge is 0.271 e. The lowest BCUT2D eigenvalue weighted by atomic mass is 10.0. The second-order valence-electron chi connectivity index (χ2n) is 3.19. The molecule has 0 saturated heterocycles. The van der Waals surface area contributed by atoms with Crippen molar-refractivity contribution in [3.63, 3.8) is 0 Å². The lowest BCUT2D eigenvalue weighted by Gasteiger charge is -2.14. The first-order valence-corrected chi connectivity index (χ1v) is 4.78. The summed E-state index contributed by atoms with van der Waals surface area (Å²) in [5.41, 5.74) is 5.08. The molecule has 0 radical (unpaired) electrons. The molecule has 0 bridgehead atoms. The van der Waals surface area contributed by atoms with Crippen LogP contribution >= 0.6 is 11.6 Å². The molecule has 1 aromatic carbocycles. The molecule has 0 heterocycles. The summed E-state index contributed by atoms with van der Waals surface area (Å²) in [5.74, 6) is 5.42. The van der Waals surface area contributed by atoms with Crippen LogP contribution in [0.2, 0.25) is 5.02 Å². The van der Waals surface area contributed by atoms with E-state index in [9.17, 15) is 0 Å². The fraction of sp³-hybridized carbons (Fsp3) is 0.400. The third kappa shape index (κ3) is 2.69. The van der Waals surface area contributed by atoms with E-state index in [0.717, 1.165) is 22.6 Å². The molecule has 0 fully saturated rings. The Hall–Kier alpha value is -0.570. The zero-order valence-electron chi connectivity index (χ0n) is 7.97. The molecule has 0 aliphatic carbocycles. The van der Waals surface area contributed by atoms with Gasteiger partial charge in [0, 0.05) is 11.1 Å². The van der Waals surface area contributed by atoms with Crippen molar-refractivity contribution in [2.45, 2.75) is 26.3 Å². The van der Waals surface area contributed by atoms with Crippen LogP contribution in [0.5, 0.6) is 0 Å². The number of rotatable bonds is 3. The van der Waals surface area contributed by atoms with Crippen LogP contribution in [0.15, 0.2) is 18.2 Å². The van der Waals surface area contributed by atoms with Crippen molar-refractivity contribution in [1.82, 2.24) is 5.43 Å². The first-order chi connectivity index (χ1) is 6.17. The Labute approximate surface area is 84.1 Å². The van der Waals surface area contributed by atoms with Gasteiger partial charge in [-0.05, 0) is 36.6 Å². The van der Waals surface area contributed by atoms with Gasteiger partial charge in [0.15, 0.2) is 0 Å². The predicted molar refractivity (Wildman–Crippen MR) is 56.5 cm³/mol. The van der Waals surface area contributed by atoms with Gasteiger partial charge < -0.3 is 0 Å². The molecule has 0 aliphatic heterocycles. The Balaban J connectivity index is 2.99. The molecule has 3 N–H and O–H groups in total. The average molecular weight is 199 g/mol. The van der Waals surface area contributed by atoms with Gasteiger partial charge in [-0.3, -0.25) is 11.3 Å². The van der Waals surface area contributed by atoms with E-state index in [4.69, 9.17) is 17.4 Å². The van der Waals surface area contributed by atoms with Crippen molar-refractivity contribution in [2.75, 3.05) is 0 Å². The number of hydrogen-bond acceptors (Lipinski definition) is 2. The van der Waals surface area contributed by atoms with Gasteiger partial charge in [0.2, 0.25) is 0 Å². The SMILES string of the molecule is CCC(NN)c1cc(C)cc(Cl)c1. The molecule has 0 saturated carbocycles. The molecule has 2 nitrogen and oxygen atoms in total. The molecule has 0 spiro atoms. The molecule has 1 atom stereocenters. The summed E-state index contributed by atoms with van der Waals surface area (Å²) in [7, 11) is 0. The van der Waals surface area contributed by atoms with Crippen molar-refractivity contribution in [3.8, 4) is 0 Å². The highest BCUT2D eigenvalue weighted by atomic mass is 35.5. The summed E-state index contributed by atoms with van der Waals surface area (Å²) >= 11 is 5.94. The molecule has 1 unspecified atom stereocenters. The van der Waals surface area contributed by atoms with E-state index < -0.39 is 0 Å². The minimum atomic E-state index is 0.192. The zero-order chi connectivity index (χ0) is 9.84. The smallest absolute Gasteiger partial charge is 0.0458 e. The Morgan fingerprint density at radius 2 is 2.15 bits per heavy atom. The van der Waals surface area contributed by atoms with E-state index in [2.05, 4.69) is 18.4 Å². The van der Waals surface area contributed by atoms with Gasteiger partial charge in [-0.2, -0.15) is 0 Å². The van der Waals surface area contributed by atoms with Crippen molar-refractivity contribution in [2.24, 2.45) is 5.84 Å². The number of aryl methyl sites for hydroxylation is 1. The van der Waals surface area contributed by atoms with Crippen molar-refractivity contribution in [1.29, 1.82) is 0 Å². The van der Waals surface area contributed by atoms with Crippen LogP contribution in [0.3, 0.4) is 0 Å². The van der Waals surface area contributed by atoms with Crippen molar-refractivity contribution >= 4 is 11.6 Å². The lowest BCUT2D eigenvalue weighted by molar-refractivity contribution is 0.539. The number of halogens is 1. The van der Waals surface area contributed by atoms with Gasteiger partial charge in [-0.1, -0.05) is 24.6 Å². The normalized spacial score (nSPS) is 12.9. The van der Waals surface area contributed by atoms with E-state index in [1.54, 1.807) is 0 Å². The maximum absolute atomic E-state index is 5.94. The van der Waals surface area contributed by atoms with Gasteiger partial charge >= 0.3 is 0 Å². The molecule has 13 heavy (non-hydrogen) atoms. The fourth-order valence-corrected chi connectivity index (χ4v) is 1.71. The van der Waals surface area contributed by atoms with Crippen LogP contribution in [0.25, 0.3) is 0 Å². The maximum Gasteiger partial charge on any atom is 0.0458 e. The minimum absolute atomic E-state index is 0.192. The van der Waals surface area contributed by atoms with Crippen LogP contribution in [0, 0.1) is 6.92 Å². The highest BCUT2D eigenvalue weighted by molar-refractivity contribution is 6.30. The van der Waals surface area contributed by atoms with E-state index >= 15 is 0 Å². The summed E-state index contributed by atoms with van der Waals surface area (Å²) in [6.07, 6.45) is 0.955. The van der Waals surface area contributed by atoms with E-state index in [1.807, 2.05) is 19.1 Å². The molecule has 1 aromatic rings. The summed E-state index contributed by atoms with van der Waals surface area (Å²) < 4.78 is 0. The average Bonchev–Trinajstić information content (AvgIpc) is 2.04. The first kappa shape index (κ1) is 10.5. The van der Waals surface area contributed by atoms with E-state index in [0.29, 0.717) is 0 Å². The molecular formula is C10H15ClN2. The van der Waals surface area contributed by atoms with Crippen LogP contribution in [-0.4, -0.2) is 0 Å². The third-order valence-electron chi connectivity index (χ3n) is 2.08. The molecule has 0 aromatic heterocycles. The summed E-state index contributed by atoms with van der Waals surface area (Å²) in [5, 5.41) is 0.767.